The highest BCUT2D eigenvalue weighted by atomic mass is 16.1. The molecule has 78 valence electrons. The molecule has 0 spiro atoms. The minimum absolute atomic E-state index is 0.128. The quantitative estimate of drug-likeness (QED) is 0.596. The highest BCUT2D eigenvalue weighted by Gasteiger charge is 2.43. The van der Waals surface area contributed by atoms with Crippen LogP contribution >= 0.6 is 0 Å². The van der Waals surface area contributed by atoms with Crippen LogP contribution in [0.1, 0.15) is 54.4 Å². The molecule has 0 aromatic carbocycles. The lowest BCUT2D eigenvalue weighted by Gasteiger charge is -2.45. The number of carbonyl (C=O) groups is 1. The summed E-state index contributed by atoms with van der Waals surface area (Å²) in [5.41, 5.74) is -0.0422. The van der Waals surface area contributed by atoms with E-state index < -0.39 is 0 Å². The lowest BCUT2D eigenvalue weighted by molar-refractivity contribution is -0.125. The van der Waals surface area contributed by atoms with Gasteiger partial charge in [-0.2, -0.15) is 0 Å². The van der Waals surface area contributed by atoms with E-state index in [0.29, 0.717) is 5.92 Å². The van der Waals surface area contributed by atoms with Gasteiger partial charge in [0.05, 0.1) is 0 Å². The first-order chi connectivity index (χ1) is 5.88. The molecule has 0 fully saturated rings. The highest BCUT2D eigenvalue weighted by molar-refractivity contribution is 5.60. The first-order valence-electron chi connectivity index (χ1n) is 5.34. The zero-order valence-electron chi connectivity index (χ0n) is 9.98. The molecule has 0 bridgehead atoms. The Morgan fingerprint density at radius 2 is 1.62 bits per heavy atom. The Balaban J connectivity index is 5.02. The van der Waals surface area contributed by atoms with E-state index in [2.05, 4.69) is 41.5 Å². The fourth-order valence-corrected chi connectivity index (χ4v) is 2.09. The summed E-state index contributed by atoms with van der Waals surface area (Å²) in [5.74, 6) is 0.549. The zero-order chi connectivity index (χ0) is 10.7. The molecule has 2 unspecified atom stereocenters. The summed E-state index contributed by atoms with van der Waals surface area (Å²) in [4.78, 5) is 11.2. The van der Waals surface area contributed by atoms with Crippen molar-refractivity contribution in [1.82, 2.24) is 0 Å². The van der Waals surface area contributed by atoms with Crippen molar-refractivity contribution >= 4 is 6.29 Å². The monoisotopic (exact) mass is 184 g/mol. The summed E-state index contributed by atoms with van der Waals surface area (Å²) in [6, 6.07) is 0. The molecule has 0 amide bonds. The average Bonchev–Trinajstić information content (AvgIpc) is 2.14. The summed E-state index contributed by atoms with van der Waals surface area (Å²) in [5, 5.41) is 0. The molecule has 1 heteroatoms. The normalized spacial score (nSPS) is 20.8. The Morgan fingerprint density at radius 1 is 1.15 bits per heavy atom. The second kappa shape index (κ2) is 4.26. The van der Waals surface area contributed by atoms with Crippen molar-refractivity contribution in [3.8, 4) is 0 Å². The molecule has 2 atom stereocenters. The number of hydrogen-bond acceptors (Lipinski definition) is 1. The van der Waals surface area contributed by atoms with Crippen LogP contribution in [0.5, 0.6) is 0 Å². The van der Waals surface area contributed by atoms with E-state index in [-0.39, 0.29) is 10.8 Å². The third-order valence-corrected chi connectivity index (χ3v) is 4.31. The molecular formula is C12H24O. The van der Waals surface area contributed by atoms with Gasteiger partial charge in [-0.15, -0.1) is 0 Å². The number of hydrogen-bond donors (Lipinski definition) is 0. The number of rotatable bonds is 5. The van der Waals surface area contributed by atoms with E-state index in [4.69, 9.17) is 0 Å². The van der Waals surface area contributed by atoms with Crippen LogP contribution in [0.15, 0.2) is 0 Å². The lowest BCUT2D eigenvalue weighted by Crippen LogP contribution is -2.42. The van der Waals surface area contributed by atoms with E-state index in [1.807, 2.05) is 0 Å². The molecule has 13 heavy (non-hydrogen) atoms. The smallest absolute Gasteiger partial charge is 0.126 e. The van der Waals surface area contributed by atoms with Gasteiger partial charge in [0.15, 0.2) is 0 Å². The van der Waals surface area contributed by atoms with Gasteiger partial charge in [-0.05, 0) is 24.2 Å². The fraction of sp³-hybridized carbons (Fsp3) is 0.917. The summed E-state index contributed by atoms with van der Waals surface area (Å²) in [6.07, 6.45) is 3.14. The molecular weight excluding hydrogens is 160 g/mol. The molecule has 0 saturated heterocycles. The lowest BCUT2D eigenvalue weighted by atomic mass is 9.58. The molecule has 0 aliphatic heterocycles. The average molecular weight is 184 g/mol. The minimum atomic E-state index is -0.171. The van der Waals surface area contributed by atoms with Gasteiger partial charge in [-0.25, -0.2) is 0 Å². The van der Waals surface area contributed by atoms with Gasteiger partial charge in [0.1, 0.15) is 6.29 Å². The van der Waals surface area contributed by atoms with Crippen LogP contribution < -0.4 is 0 Å². The van der Waals surface area contributed by atoms with E-state index in [1.165, 1.54) is 0 Å². The maximum atomic E-state index is 11.2. The molecule has 0 aliphatic rings. The Kier molecular flexibility index (Phi) is 4.15. The highest BCUT2D eigenvalue weighted by Crippen LogP contribution is 2.48. The predicted octanol–water partition coefficient (Wildman–Crippen LogP) is 3.67. The molecule has 0 aliphatic carbocycles. The molecule has 0 N–H and O–H groups in total. The second-order valence-corrected chi connectivity index (χ2v) is 4.81. The molecule has 0 aromatic rings. The first kappa shape index (κ1) is 12.7. The van der Waals surface area contributed by atoms with Crippen LogP contribution in [0.2, 0.25) is 0 Å². The van der Waals surface area contributed by atoms with Crippen LogP contribution in [0.3, 0.4) is 0 Å². The van der Waals surface area contributed by atoms with Crippen molar-refractivity contribution in [2.45, 2.75) is 54.4 Å². The Bertz CT molecular complexity index is 174. The Labute approximate surface area is 82.9 Å². The van der Waals surface area contributed by atoms with Crippen molar-refractivity contribution in [2.75, 3.05) is 0 Å². The maximum Gasteiger partial charge on any atom is 0.126 e. The second-order valence-electron chi connectivity index (χ2n) is 4.81. The fourth-order valence-electron chi connectivity index (χ4n) is 2.09. The van der Waals surface area contributed by atoms with Gasteiger partial charge in [0.2, 0.25) is 0 Å². The standard InChI is InChI=1S/C12H24O/c1-7-11(5,9-13)12(6,8-2)10(3)4/h9-10H,7-8H2,1-6H3. The molecule has 1 nitrogen and oxygen atoms in total. The Hall–Kier alpha value is -0.330. The van der Waals surface area contributed by atoms with Crippen molar-refractivity contribution in [3.05, 3.63) is 0 Å². The van der Waals surface area contributed by atoms with Crippen molar-refractivity contribution < 1.29 is 4.79 Å². The van der Waals surface area contributed by atoms with E-state index in [9.17, 15) is 4.79 Å². The first-order valence-corrected chi connectivity index (χ1v) is 5.34. The zero-order valence-corrected chi connectivity index (χ0v) is 9.98. The van der Waals surface area contributed by atoms with Gasteiger partial charge in [0, 0.05) is 5.41 Å². The van der Waals surface area contributed by atoms with Crippen LogP contribution in [0.4, 0.5) is 0 Å². The maximum absolute atomic E-state index is 11.2. The van der Waals surface area contributed by atoms with Crippen LogP contribution in [-0.2, 0) is 4.79 Å². The third-order valence-electron chi connectivity index (χ3n) is 4.31. The molecule has 0 aromatic heterocycles. The summed E-state index contributed by atoms with van der Waals surface area (Å²) < 4.78 is 0. The molecule has 0 rings (SSSR count). The van der Waals surface area contributed by atoms with Gasteiger partial charge >= 0.3 is 0 Å². The van der Waals surface area contributed by atoms with Crippen LogP contribution in [0, 0.1) is 16.7 Å². The van der Waals surface area contributed by atoms with Gasteiger partial charge in [-0.1, -0.05) is 41.5 Å². The Morgan fingerprint density at radius 3 is 1.69 bits per heavy atom. The topological polar surface area (TPSA) is 17.1 Å². The van der Waals surface area contributed by atoms with E-state index in [1.54, 1.807) is 0 Å². The molecule has 0 heterocycles. The van der Waals surface area contributed by atoms with Crippen molar-refractivity contribution in [2.24, 2.45) is 16.7 Å². The molecule has 0 saturated carbocycles. The number of aldehydes is 1. The van der Waals surface area contributed by atoms with Gasteiger partial charge < -0.3 is 4.79 Å². The summed E-state index contributed by atoms with van der Waals surface area (Å²) in [6.45, 7) is 13.0. The third kappa shape index (κ3) is 1.95. The molecule has 0 radical (unpaired) electrons. The van der Waals surface area contributed by atoms with E-state index in [0.717, 1.165) is 19.1 Å². The minimum Gasteiger partial charge on any atom is -0.303 e. The summed E-state index contributed by atoms with van der Waals surface area (Å²) >= 11 is 0. The van der Waals surface area contributed by atoms with Gasteiger partial charge in [-0.3, -0.25) is 0 Å². The van der Waals surface area contributed by atoms with Crippen molar-refractivity contribution in [3.63, 3.8) is 0 Å². The van der Waals surface area contributed by atoms with Gasteiger partial charge in [0.25, 0.3) is 0 Å². The number of carbonyl (C=O) groups excluding carboxylic acids is 1. The predicted molar refractivity (Wildman–Crippen MR) is 57.7 cm³/mol. The summed E-state index contributed by atoms with van der Waals surface area (Å²) in [7, 11) is 0. The van der Waals surface area contributed by atoms with Crippen molar-refractivity contribution in [1.29, 1.82) is 0 Å². The van der Waals surface area contributed by atoms with Crippen LogP contribution in [0.25, 0.3) is 0 Å². The SMILES string of the molecule is CCC(C)(C=O)C(C)(CC)C(C)C. The van der Waals surface area contributed by atoms with Crippen LogP contribution in [-0.4, -0.2) is 6.29 Å². The largest absolute Gasteiger partial charge is 0.303 e. The van der Waals surface area contributed by atoms with E-state index >= 15 is 0 Å².